The number of aliphatic hydroxyl groups is 1. The first kappa shape index (κ1) is 13.1. The molecule has 1 atom stereocenters. The lowest BCUT2D eigenvalue weighted by atomic mass is 10.2. The van der Waals surface area contributed by atoms with Gasteiger partial charge in [-0.1, -0.05) is 0 Å². The monoisotopic (exact) mass is 238 g/mol. The van der Waals surface area contributed by atoms with Gasteiger partial charge in [-0.15, -0.1) is 0 Å². The van der Waals surface area contributed by atoms with E-state index in [1.165, 1.54) is 0 Å². The van der Waals surface area contributed by atoms with Crippen LogP contribution in [0.25, 0.3) is 0 Å². The van der Waals surface area contributed by atoms with Crippen molar-refractivity contribution in [3.63, 3.8) is 0 Å². The first-order chi connectivity index (χ1) is 8.09. The Morgan fingerprint density at radius 1 is 1.35 bits per heavy atom. The van der Waals surface area contributed by atoms with Gasteiger partial charge in [-0.2, -0.15) is 0 Å². The molecule has 1 aromatic rings. The number of nitrogens with zero attached hydrogens (tertiary/aromatic N) is 1. The molecule has 1 rings (SSSR count). The molecule has 0 aliphatic heterocycles. The SMILES string of the molecule is O=C(Cc1ccncc1)NCCC(O)C(=O)O. The van der Waals surface area contributed by atoms with Gasteiger partial charge in [-0.05, 0) is 17.7 Å². The van der Waals surface area contributed by atoms with E-state index < -0.39 is 12.1 Å². The molecule has 0 spiro atoms. The highest BCUT2D eigenvalue weighted by molar-refractivity contribution is 5.78. The third-order valence-electron chi connectivity index (χ3n) is 2.14. The Balaban J connectivity index is 2.25. The summed E-state index contributed by atoms with van der Waals surface area (Å²) >= 11 is 0. The zero-order valence-corrected chi connectivity index (χ0v) is 9.17. The largest absolute Gasteiger partial charge is 0.479 e. The number of carbonyl (C=O) groups is 2. The molecule has 1 amide bonds. The zero-order chi connectivity index (χ0) is 12.7. The summed E-state index contributed by atoms with van der Waals surface area (Å²) in [7, 11) is 0. The van der Waals surface area contributed by atoms with Crippen molar-refractivity contribution >= 4 is 11.9 Å². The molecule has 3 N–H and O–H groups in total. The minimum atomic E-state index is -1.43. The molecule has 0 saturated carbocycles. The third-order valence-corrected chi connectivity index (χ3v) is 2.14. The van der Waals surface area contributed by atoms with E-state index in [0.29, 0.717) is 0 Å². The molecular formula is C11H14N2O4. The van der Waals surface area contributed by atoms with Crippen LogP contribution in [0.15, 0.2) is 24.5 Å². The van der Waals surface area contributed by atoms with Gasteiger partial charge in [0.1, 0.15) is 0 Å². The average molecular weight is 238 g/mol. The van der Waals surface area contributed by atoms with Crippen molar-refractivity contribution in [3.8, 4) is 0 Å². The Hall–Kier alpha value is -1.95. The van der Waals surface area contributed by atoms with Crippen molar-refractivity contribution in [2.24, 2.45) is 0 Å². The minimum Gasteiger partial charge on any atom is -0.479 e. The van der Waals surface area contributed by atoms with Gasteiger partial charge < -0.3 is 15.5 Å². The lowest BCUT2D eigenvalue weighted by Crippen LogP contribution is -2.30. The predicted molar refractivity (Wildman–Crippen MR) is 59.2 cm³/mol. The summed E-state index contributed by atoms with van der Waals surface area (Å²) < 4.78 is 0. The average Bonchev–Trinajstić information content (AvgIpc) is 2.30. The summed E-state index contributed by atoms with van der Waals surface area (Å²) in [4.78, 5) is 25.5. The normalized spacial score (nSPS) is 11.8. The van der Waals surface area contributed by atoms with E-state index in [2.05, 4.69) is 10.3 Å². The number of aliphatic carboxylic acids is 1. The number of carboxylic acids is 1. The second-order valence-electron chi connectivity index (χ2n) is 3.52. The molecule has 0 saturated heterocycles. The number of hydrogen-bond donors (Lipinski definition) is 3. The van der Waals surface area contributed by atoms with E-state index in [9.17, 15) is 9.59 Å². The Kier molecular flexibility index (Phi) is 5.09. The van der Waals surface area contributed by atoms with Crippen LogP contribution < -0.4 is 5.32 Å². The van der Waals surface area contributed by atoms with Crippen LogP contribution in [0.3, 0.4) is 0 Å². The maximum absolute atomic E-state index is 11.4. The molecule has 17 heavy (non-hydrogen) atoms. The molecule has 0 aliphatic rings. The van der Waals surface area contributed by atoms with Gasteiger partial charge in [-0.25, -0.2) is 4.79 Å². The number of carbonyl (C=O) groups excluding carboxylic acids is 1. The Morgan fingerprint density at radius 3 is 2.59 bits per heavy atom. The van der Waals surface area contributed by atoms with Crippen LogP contribution >= 0.6 is 0 Å². The van der Waals surface area contributed by atoms with E-state index in [1.54, 1.807) is 24.5 Å². The van der Waals surface area contributed by atoms with Gasteiger partial charge in [0.05, 0.1) is 6.42 Å². The third kappa shape index (κ3) is 5.07. The van der Waals surface area contributed by atoms with Crippen LogP contribution in [-0.4, -0.2) is 39.7 Å². The number of carboxylic acid groups (broad SMARTS) is 1. The number of aliphatic hydroxyl groups excluding tert-OH is 1. The lowest BCUT2D eigenvalue weighted by molar-refractivity contribution is -0.147. The number of amides is 1. The van der Waals surface area contributed by atoms with E-state index >= 15 is 0 Å². The standard InChI is InChI=1S/C11H14N2O4/c14-9(11(16)17)3-6-13-10(15)7-8-1-4-12-5-2-8/h1-2,4-5,9,14H,3,6-7H2,(H,13,15)(H,16,17). The summed E-state index contributed by atoms with van der Waals surface area (Å²) in [5.74, 6) is -1.50. The molecule has 0 radical (unpaired) electrons. The molecular weight excluding hydrogens is 224 g/mol. The maximum Gasteiger partial charge on any atom is 0.332 e. The molecule has 1 heterocycles. The van der Waals surface area contributed by atoms with E-state index in [4.69, 9.17) is 10.2 Å². The first-order valence-corrected chi connectivity index (χ1v) is 5.16. The van der Waals surface area contributed by atoms with Gasteiger partial charge in [0, 0.05) is 25.4 Å². The molecule has 0 aromatic carbocycles. The van der Waals surface area contributed by atoms with Crippen LogP contribution in [0.5, 0.6) is 0 Å². The highest BCUT2D eigenvalue weighted by atomic mass is 16.4. The number of hydrogen-bond acceptors (Lipinski definition) is 4. The van der Waals surface area contributed by atoms with Crippen LogP contribution in [0.4, 0.5) is 0 Å². The number of aromatic nitrogens is 1. The molecule has 92 valence electrons. The van der Waals surface area contributed by atoms with Crippen molar-refractivity contribution in [1.29, 1.82) is 0 Å². The van der Waals surface area contributed by atoms with Crippen LogP contribution in [-0.2, 0) is 16.0 Å². The van der Waals surface area contributed by atoms with E-state index in [0.717, 1.165) is 5.56 Å². The van der Waals surface area contributed by atoms with Crippen molar-refractivity contribution < 1.29 is 19.8 Å². The summed E-state index contributed by atoms with van der Waals surface area (Å²) in [6.07, 6.45) is 1.97. The first-order valence-electron chi connectivity index (χ1n) is 5.16. The molecule has 0 fully saturated rings. The number of pyridine rings is 1. The fourth-order valence-corrected chi connectivity index (χ4v) is 1.22. The molecule has 0 aliphatic carbocycles. The fourth-order valence-electron chi connectivity index (χ4n) is 1.22. The van der Waals surface area contributed by atoms with Gasteiger partial charge in [0.2, 0.25) is 5.91 Å². The molecule has 1 unspecified atom stereocenters. The van der Waals surface area contributed by atoms with Crippen LogP contribution in [0, 0.1) is 0 Å². The highest BCUT2D eigenvalue weighted by Crippen LogP contribution is 1.97. The van der Waals surface area contributed by atoms with Gasteiger partial charge in [-0.3, -0.25) is 9.78 Å². The van der Waals surface area contributed by atoms with Gasteiger partial charge in [0.25, 0.3) is 0 Å². The lowest BCUT2D eigenvalue weighted by Gasteiger charge is -2.07. The van der Waals surface area contributed by atoms with Crippen LogP contribution in [0.1, 0.15) is 12.0 Å². The molecule has 6 nitrogen and oxygen atoms in total. The minimum absolute atomic E-state index is 0.00256. The van der Waals surface area contributed by atoms with Gasteiger partial charge >= 0.3 is 5.97 Å². The highest BCUT2D eigenvalue weighted by Gasteiger charge is 2.12. The number of rotatable bonds is 6. The Morgan fingerprint density at radius 2 is 2.00 bits per heavy atom. The van der Waals surface area contributed by atoms with Crippen molar-refractivity contribution in [1.82, 2.24) is 10.3 Å². The van der Waals surface area contributed by atoms with Crippen molar-refractivity contribution in [2.75, 3.05) is 6.54 Å². The topological polar surface area (TPSA) is 99.5 Å². The van der Waals surface area contributed by atoms with Crippen LogP contribution in [0.2, 0.25) is 0 Å². The smallest absolute Gasteiger partial charge is 0.332 e. The molecule has 0 bridgehead atoms. The second kappa shape index (κ2) is 6.59. The second-order valence-corrected chi connectivity index (χ2v) is 3.52. The summed E-state index contributed by atoms with van der Waals surface area (Å²) in [5, 5.41) is 19.9. The Bertz CT molecular complexity index is 380. The zero-order valence-electron chi connectivity index (χ0n) is 9.17. The van der Waals surface area contributed by atoms with E-state index in [-0.39, 0.29) is 25.3 Å². The van der Waals surface area contributed by atoms with E-state index in [1.807, 2.05) is 0 Å². The number of nitrogens with one attached hydrogen (secondary N) is 1. The summed E-state index contributed by atoms with van der Waals surface area (Å²) in [5.41, 5.74) is 0.830. The summed E-state index contributed by atoms with van der Waals surface area (Å²) in [6, 6.07) is 3.46. The Labute approximate surface area is 98.3 Å². The quantitative estimate of drug-likeness (QED) is 0.625. The van der Waals surface area contributed by atoms with Crippen molar-refractivity contribution in [3.05, 3.63) is 30.1 Å². The van der Waals surface area contributed by atoms with Crippen molar-refractivity contribution in [2.45, 2.75) is 18.9 Å². The molecule has 1 aromatic heterocycles. The van der Waals surface area contributed by atoms with Gasteiger partial charge in [0.15, 0.2) is 6.10 Å². The fraction of sp³-hybridized carbons (Fsp3) is 0.364. The predicted octanol–water partition coefficient (Wildman–Crippen LogP) is -0.424. The summed E-state index contributed by atoms with van der Waals surface area (Å²) in [6.45, 7) is 0.136. The molecule has 6 heteroatoms. The maximum atomic E-state index is 11.4.